The van der Waals surface area contributed by atoms with Gasteiger partial charge in [-0.05, 0) is 56.6 Å². The van der Waals surface area contributed by atoms with E-state index >= 15 is 0 Å². The average molecular weight is 467 g/mol. The second-order valence-corrected chi connectivity index (χ2v) is 8.27. The zero-order chi connectivity index (χ0) is 24.1. The first-order valence-corrected chi connectivity index (χ1v) is 11.2. The molecule has 3 aromatic rings. The van der Waals surface area contributed by atoms with Gasteiger partial charge in [0.2, 0.25) is 11.8 Å². The van der Waals surface area contributed by atoms with Crippen LogP contribution in [0.4, 0.5) is 0 Å². The zero-order valence-electron chi connectivity index (χ0n) is 19.7. The number of carbonyl (C=O) groups excluding carboxylic acids is 1. The predicted octanol–water partition coefficient (Wildman–Crippen LogP) is 2.20. The van der Waals surface area contributed by atoms with E-state index in [2.05, 4.69) is 20.1 Å². The fraction of sp³-hybridized carbons (Fsp3) is 0.417. The Balaban J connectivity index is 1.67. The van der Waals surface area contributed by atoms with Crippen LogP contribution in [-0.2, 0) is 16.1 Å². The molecule has 2 atom stereocenters. The van der Waals surface area contributed by atoms with Crippen molar-refractivity contribution in [2.24, 2.45) is 5.73 Å². The maximum atomic E-state index is 11.9. The number of ether oxygens (including phenoxy) is 3. The number of aromatic nitrogens is 4. The highest BCUT2D eigenvalue weighted by atomic mass is 16.5. The molecular formula is C24H30N6O4. The number of rotatable bonds is 10. The number of methoxy groups -OCH3 is 2. The summed E-state index contributed by atoms with van der Waals surface area (Å²) < 4.78 is 18.2. The number of benzene rings is 1. The summed E-state index contributed by atoms with van der Waals surface area (Å²) >= 11 is 0. The first kappa shape index (κ1) is 23.7. The Hall–Kier alpha value is -3.50. The Morgan fingerprint density at radius 2 is 1.97 bits per heavy atom. The molecule has 3 heterocycles. The molecule has 1 aliphatic heterocycles. The SMILES string of the molecule is COCC(C)Oc1ccc(-c2nnc(CN3CCCC3C(N)=O)n2-c2ccc(OC)nc2)cc1. The molecule has 1 aromatic carbocycles. The van der Waals surface area contributed by atoms with Crippen molar-refractivity contribution in [1.29, 1.82) is 0 Å². The zero-order valence-corrected chi connectivity index (χ0v) is 19.7. The molecule has 1 saturated heterocycles. The van der Waals surface area contributed by atoms with Gasteiger partial charge < -0.3 is 19.9 Å². The van der Waals surface area contributed by atoms with E-state index in [1.165, 1.54) is 0 Å². The fourth-order valence-corrected chi connectivity index (χ4v) is 4.21. The van der Waals surface area contributed by atoms with E-state index < -0.39 is 0 Å². The maximum absolute atomic E-state index is 11.9. The summed E-state index contributed by atoms with van der Waals surface area (Å²) in [6.45, 7) is 3.69. The van der Waals surface area contributed by atoms with Gasteiger partial charge in [0, 0.05) is 18.7 Å². The molecule has 34 heavy (non-hydrogen) atoms. The number of nitrogens with zero attached hydrogens (tertiary/aromatic N) is 5. The Labute approximate surface area is 198 Å². The Morgan fingerprint density at radius 1 is 1.18 bits per heavy atom. The number of likely N-dealkylation sites (tertiary alicyclic amines) is 1. The van der Waals surface area contributed by atoms with Gasteiger partial charge in [0.25, 0.3) is 0 Å². The monoisotopic (exact) mass is 466 g/mol. The summed E-state index contributed by atoms with van der Waals surface area (Å²) in [6.07, 6.45) is 3.33. The van der Waals surface area contributed by atoms with Crippen molar-refractivity contribution in [1.82, 2.24) is 24.6 Å². The fourth-order valence-electron chi connectivity index (χ4n) is 4.21. The molecule has 2 N–H and O–H groups in total. The highest BCUT2D eigenvalue weighted by molar-refractivity contribution is 5.80. The van der Waals surface area contributed by atoms with Crippen LogP contribution < -0.4 is 15.2 Å². The van der Waals surface area contributed by atoms with Crippen molar-refractivity contribution in [3.63, 3.8) is 0 Å². The molecule has 0 saturated carbocycles. The van der Waals surface area contributed by atoms with Crippen molar-refractivity contribution in [3.8, 4) is 28.7 Å². The highest BCUT2D eigenvalue weighted by Crippen LogP contribution is 2.28. The second kappa shape index (κ2) is 10.6. The first-order valence-electron chi connectivity index (χ1n) is 11.2. The molecular weight excluding hydrogens is 436 g/mol. The smallest absolute Gasteiger partial charge is 0.234 e. The van der Waals surface area contributed by atoms with Gasteiger partial charge in [0.1, 0.15) is 11.9 Å². The lowest BCUT2D eigenvalue weighted by molar-refractivity contribution is -0.122. The van der Waals surface area contributed by atoms with Crippen LogP contribution >= 0.6 is 0 Å². The molecule has 0 spiro atoms. The van der Waals surface area contributed by atoms with E-state index in [0.717, 1.165) is 36.4 Å². The van der Waals surface area contributed by atoms with E-state index in [-0.39, 0.29) is 18.1 Å². The van der Waals surface area contributed by atoms with Crippen LogP contribution in [0.3, 0.4) is 0 Å². The van der Waals surface area contributed by atoms with Gasteiger partial charge in [-0.1, -0.05) is 0 Å². The van der Waals surface area contributed by atoms with Gasteiger partial charge >= 0.3 is 0 Å². The molecule has 180 valence electrons. The van der Waals surface area contributed by atoms with E-state index in [1.807, 2.05) is 41.8 Å². The lowest BCUT2D eigenvalue weighted by Crippen LogP contribution is -2.40. The van der Waals surface area contributed by atoms with Crippen LogP contribution in [0.2, 0.25) is 0 Å². The number of hydrogen-bond donors (Lipinski definition) is 1. The van der Waals surface area contributed by atoms with Gasteiger partial charge in [0.05, 0.1) is 38.2 Å². The lowest BCUT2D eigenvalue weighted by atomic mass is 10.2. The molecule has 2 aromatic heterocycles. The molecule has 1 aliphatic rings. The van der Waals surface area contributed by atoms with Gasteiger partial charge in [-0.25, -0.2) is 4.98 Å². The molecule has 1 fully saturated rings. The maximum Gasteiger partial charge on any atom is 0.234 e. The van der Waals surface area contributed by atoms with Gasteiger partial charge in [0.15, 0.2) is 11.6 Å². The summed E-state index contributed by atoms with van der Waals surface area (Å²) in [4.78, 5) is 18.3. The van der Waals surface area contributed by atoms with Gasteiger partial charge in [-0.2, -0.15) is 0 Å². The van der Waals surface area contributed by atoms with Crippen LogP contribution in [0, 0.1) is 0 Å². The third kappa shape index (κ3) is 5.18. The first-order chi connectivity index (χ1) is 16.5. The summed E-state index contributed by atoms with van der Waals surface area (Å²) in [5, 5.41) is 8.96. The van der Waals surface area contributed by atoms with Crippen molar-refractivity contribution >= 4 is 5.91 Å². The Morgan fingerprint density at radius 3 is 2.62 bits per heavy atom. The lowest BCUT2D eigenvalue weighted by Gasteiger charge is -2.21. The minimum Gasteiger partial charge on any atom is -0.488 e. The predicted molar refractivity (Wildman–Crippen MR) is 126 cm³/mol. The van der Waals surface area contributed by atoms with Crippen LogP contribution in [0.25, 0.3) is 17.1 Å². The number of hydrogen-bond acceptors (Lipinski definition) is 8. The quantitative estimate of drug-likeness (QED) is 0.483. The summed E-state index contributed by atoms with van der Waals surface area (Å²) in [6, 6.07) is 11.1. The van der Waals surface area contributed by atoms with E-state index in [0.29, 0.717) is 30.7 Å². The van der Waals surface area contributed by atoms with Crippen molar-refractivity contribution < 1.29 is 19.0 Å². The summed E-state index contributed by atoms with van der Waals surface area (Å²) in [5.41, 5.74) is 7.28. The largest absolute Gasteiger partial charge is 0.488 e. The van der Waals surface area contributed by atoms with E-state index in [4.69, 9.17) is 19.9 Å². The average Bonchev–Trinajstić information content (AvgIpc) is 3.47. The molecule has 0 radical (unpaired) electrons. The van der Waals surface area contributed by atoms with Crippen molar-refractivity contribution in [3.05, 3.63) is 48.4 Å². The van der Waals surface area contributed by atoms with Gasteiger partial charge in [-0.3, -0.25) is 14.3 Å². The van der Waals surface area contributed by atoms with Crippen LogP contribution in [0.5, 0.6) is 11.6 Å². The molecule has 2 unspecified atom stereocenters. The van der Waals surface area contributed by atoms with Crippen molar-refractivity contribution in [2.45, 2.75) is 38.5 Å². The number of amides is 1. The summed E-state index contributed by atoms with van der Waals surface area (Å²) in [5.74, 6) is 2.30. The molecule has 0 aliphatic carbocycles. The minimum atomic E-state index is -0.312. The topological polar surface area (TPSA) is 118 Å². The van der Waals surface area contributed by atoms with Gasteiger partial charge in [-0.15, -0.1) is 10.2 Å². The Bertz CT molecular complexity index is 1100. The standard InChI is InChI=1S/C24H30N6O4/c1-16(15-32-2)34-19-9-6-17(7-10-19)24-28-27-21(14-29-12-4-5-20(29)23(25)31)30(24)18-8-11-22(33-3)26-13-18/h6-11,13,16,20H,4-5,12,14-15H2,1-3H3,(H2,25,31). The third-order valence-corrected chi connectivity index (χ3v) is 5.81. The van der Waals surface area contributed by atoms with Crippen LogP contribution in [0.1, 0.15) is 25.6 Å². The molecule has 10 heteroatoms. The van der Waals surface area contributed by atoms with Crippen LogP contribution in [0.15, 0.2) is 42.6 Å². The number of pyridine rings is 1. The van der Waals surface area contributed by atoms with Crippen LogP contribution in [-0.4, -0.2) is 70.1 Å². The molecule has 4 rings (SSSR count). The third-order valence-electron chi connectivity index (χ3n) is 5.81. The number of nitrogens with two attached hydrogens (primary N) is 1. The normalized spacial score (nSPS) is 17.0. The van der Waals surface area contributed by atoms with Crippen molar-refractivity contribution in [2.75, 3.05) is 27.4 Å². The Kier molecular flexibility index (Phi) is 7.39. The highest BCUT2D eigenvalue weighted by Gasteiger charge is 2.30. The summed E-state index contributed by atoms with van der Waals surface area (Å²) in [7, 11) is 3.22. The minimum absolute atomic E-state index is 0.0601. The molecule has 0 bridgehead atoms. The van der Waals surface area contributed by atoms with E-state index in [1.54, 1.807) is 26.5 Å². The number of carbonyl (C=O) groups is 1. The number of primary amides is 1. The molecule has 10 nitrogen and oxygen atoms in total. The van der Waals surface area contributed by atoms with E-state index in [9.17, 15) is 4.79 Å². The molecule has 1 amide bonds. The second-order valence-electron chi connectivity index (χ2n) is 8.27.